The zero-order valence-electron chi connectivity index (χ0n) is 15.4. The maximum absolute atomic E-state index is 12.5. The molecule has 2 aromatic rings. The first kappa shape index (κ1) is 17.6. The number of aryl methyl sites for hydroxylation is 1. The average Bonchev–Trinajstić information content (AvgIpc) is 3.14. The molecule has 4 rings (SSSR count). The molecule has 5 nitrogen and oxygen atoms in total. The van der Waals surface area contributed by atoms with Crippen LogP contribution in [0.4, 0.5) is 0 Å². The molecule has 1 atom stereocenters. The quantitative estimate of drug-likeness (QED) is 0.829. The molecule has 2 aromatic heterocycles. The Morgan fingerprint density at radius 2 is 2.12 bits per heavy atom. The molecule has 0 N–H and O–H groups in total. The normalized spacial score (nSPS) is 24.3. The Balaban J connectivity index is 1.44. The highest BCUT2D eigenvalue weighted by atomic mass is 32.1. The van der Waals surface area contributed by atoms with Gasteiger partial charge in [0.15, 0.2) is 0 Å². The molecule has 26 heavy (non-hydrogen) atoms. The average molecular weight is 371 g/mol. The number of amides is 1. The Morgan fingerprint density at radius 1 is 1.19 bits per heavy atom. The van der Waals surface area contributed by atoms with Gasteiger partial charge >= 0.3 is 0 Å². The fourth-order valence-electron chi connectivity index (χ4n) is 4.34. The second-order valence-electron chi connectivity index (χ2n) is 7.79. The number of carbonyl (C=O) groups excluding carboxylic acids is 1. The first-order chi connectivity index (χ1) is 12.6. The van der Waals surface area contributed by atoms with Crippen LogP contribution in [0.15, 0.2) is 29.9 Å². The van der Waals surface area contributed by atoms with E-state index in [1.807, 2.05) is 23.2 Å². The van der Waals surface area contributed by atoms with Gasteiger partial charge in [0.2, 0.25) is 5.91 Å². The van der Waals surface area contributed by atoms with E-state index in [0.717, 1.165) is 44.0 Å². The largest absolute Gasteiger partial charge is 0.336 e. The van der Waals surface area contributed by atoms with Crippen LogP contribution in [-0.4, -0.2) is 45.3 Å². The number of likely N-dealkylation sites (tertiary alicyclic amines) is 2. The minimum atomic E-state index is 0.238. The van der Waals surface area contributed by atoms with Gasteiger partial charge in [0.1, 0.15) is 0 Å². The molecule has 1 unspecified atom stereocenters. The molecule has 2 fully saturated rings. The standard InChI is InChI=1S/C20H26N4OS/c1-16-10-22-17(11-21-16)12-24-15-20(7-5-19(24)25)6-3-8-23(14-20)13-18-4-2-9-26-18/h2,4,9-11H,3,5-8,12-15H2,1H3. The summed E-state index contributed by atoms with van der Waals surface area (Å²) in [6, 6.07) is 4.35. The Bertz CT molecular complexity index is 746. The Hall–Kier alpha value is -1.79. The zero-order chi connectivity index (χ0) is 18.0. The van der Waals surface area contributed by atoms with Gasteiger partial charge in [-0.15, -0.1) is 11.3 Å². The van der Waals surface area contributed by atoms with Crippen LogP contribution in [-0.2, 0) is 17.9 Å². The topological polar surface area (TPSA) is 49.3 Å². The van der Waals surface area contributed by atoms with Gasteiger partial charge < -0.3 is 4.90 Å². The summed E-state index contributed by atoms with van der Waals surface area (Å²) in [6.07, 6.45) is 7.70. The Labute approximate surface area is 159 Å². The van der Waals surface area contributed by atoms with Crippen molar-refractivity contribution in [2.75, 3.05) is 19.6 Å². The Kier molecular flexibility index (Phi) is 5.05. The number of hydrogen-bond acceptors (Lipinski definition) is 5. The first-order valence-electron chi connectivity index (χ1n) is 9.42. The molecule has 0 aromatic carbocycles. The van der Waals surface area contributed by atoms with E-state index in [0.29, 0.717) is 13.0 Å². The predicted molar refractivity (Wildman–Crippen MR) is 103 cm³/mol. The summed E-state index contributed by atoms with van der Waals surface area (Å²) >= 11 is 1.83. The summed E-state index contributed by atoms with van der Waals surface area (Å²) in [7, 11) is 0. The Morgan fingerprint density at radius 3 is 2.88 bits per heavy atom. The summed E-state index contributed by atoms with van der Waals surface area (Å²) in [5.41, 5.74) is 2.03. The van der Waals surface area contributed by atoms with E-state index >= 15 is 0 Å². The van der Waals surface area contributed by atoms with Crippen LogP contribution in [0.3, 0.4) is 0 Å². The third kappa shape index (κ3) is 3.96. The van der Waals surface area contributed by atoms with Gasteiger partial charge in [0.05, 0.1) is 24.1 Å². The van der Waals surface area contributed by atoms with Gasteiger partial charge in [-0.1, -0.05) is 6.07 Å². The van der Waals surface area contributed by atoms with Crippen molar-refractivity contribution in [2.24, 2.45) is 5.41 Å². The van der Waals surface area contributed by atoms with Crippen LogP contribution < -0.4 is 0 Å². The molecule has 0 saturated carbocycles. The predicted octanol–water partition coefficient (Wildman–Crippen LogP) is 3.25. The van der Waals surface area contributed by atoms with Crippen molar-refractivity contribution in [3.8, 4) is 0 Å². The summed E-state index contributed by atoms with van der Waals surface area (Å²) < 4.78 is 0. The number of hydrogen-bond donors (Lipinski definition) is 0. The third-order valence-corrected chi connectivity index (χ3v) is 6.50. The smallest absolute Gasteiger partial charge is 0.222 e. The molecule has 138 valence electrons. The molecule has 2 saturated heterocycles. The zero-order valence-corrected chi connectivity index (χ0v) is 16.2. The van der Waals surface area contributed by atoms with Crippen molar-refractivity contribution < 1.29 is 4.79 Å². The van der Waals surface area contributed by atoms with Crippen LogP contribution in [0, 0.1) is 12.3 Å². The van der Waals surface area contributed by atoms with Crippen molar-refractivity contribution in [3.63, 3.8) is 0 Å². The summed E-state index contributed by atoms with van der Waals surface area (Å²) in [5.74, 6) is 0.258. The number of aromatic nitrogens is 2. The molecule has 0 radical (unpaired) electrons. The maximum atomic E-state index is 12.5. The molecule has 1 amide bonds. The van der Waals surface area contributed by atoms with Crippen molar-refractivity contribution in [1.29, 1.82) is 0 Å². The lowest BCUT2D eigenvalue weighted by Crippen LogP contribution is -2.53. The van der Waals surface area contributed by atoms with Gasteiger partial charge in [0, 0.05) is 42.5 Å². The van der Waals surface area contributed by atoms with Gasteiger partial charge in [0.25, 0.3) is 0 Å². The maximum Gasteiger partial charge on any atom is 0.222 e. The third-order valence-electron chi connectivity index (χ3n) is 5.64. The van der Waals surface area contributed by atoms with Crippen LogP contribution in [0.5, 0.6) is 0 Å². The summed E-state index contributed by atoms with van der Waals surface area (Å²) in [6.45, 7) is 6.66. The molecule has 1 spiro atoms. The van der Waals surface area contributed by atoms with E-state index in [-0.39, 0.29) is 11.3 Å². The fourth-order valence-corrected chi connectivity index (χ4v) is 5.09. The van der Waals surface area contributed by atoms with Crippen LogP contribution >= 0.6 is 11.3 Å². The van der Waals surface area contributed by atoms with Gasteiger partial charge in [-0.05, 0) is 44.2 Å². The summed E-state index contributed by atoms with van der Waals surface area (Å²) in [5, 5.41) is 2.15. The second kappa shape index (κ2) is 7.45. The molecule has 4 heterocycles. The number of rotatable bonds is 4. The lowest BCUT2D eigenvalue weighted by Gasteiger charge is -2.48. The van der Waals surface area contributed by atoms with E-state index in [4.69, 9.17) is 0 Å². The monoisotopic (exact) mass is 370 g/mol. The first-order valence-corrected chi connectivity index (χ1v) is 10.3. The molecule has 2 aliphatic heterocycles. The van der Waals surface area contributed by atoms with E-state index in [9.17, 15) is 4.79 Å². The molecule has 2 aliphatic rings. The number of carbonyl (C=O) groups is 1. The van der Waals surface area contributed by atoms with Crippen LogP contribution in [0.1, 0.15) is 41.9 Å². The van der Waals surface area contributed by atoms with Crippen LogP contribution in [0.25, 0.3) is 0 Å². The SMILES string of the molecule is Cc1cnc(CN2CC3(CCCN(Cc4cccs4)C3)CCC2=O)cn1. The fraction of sp³-hybridized carbons (Fsp3) is 0.550. The van der Waals surface area contributed by atoms with Gasteiger partial charge in [-0.25, -0.2) is 0 Å². The lowest BCUT2D eigenvalue weighted by atomic mass is 9.73. The number of nitrogens with zero attached hydrogens (tertiary/aromatic N) is 4. The van der Waals surface area contributed by atoms with Crippen molar-refractivity contribution in [1.82, 2.24) is 19.8 Å². The molecule has 0 aliphatic carbocycles. The molecular weight excluding hydrogens is 344 g/mol. The van der Waals surface area contributed by atoms with E-state index in [2.05, 4.69) is 32.4 Å². The van der Waals surface area contributed by atoms with Crippen molar-refractivity contribution in [3.05, 3.63) is 46.2 Å². The van der Waals surface area contributed by atoms with E-state index in [1.54, 1.807) is 12.4 Å². The van der Waals surface area contributed by atoms with E-state index in [1.165, 1.54) is 17.7 Å². The summed E-state index contributed by atoms with van der Waals surface area (Å²) in [4.78, 5) is 27.3. The van der Waals surface area contributed by atoms with Crippen molar-refractivity contribution in [2.45, 2.75) is 45.7 Å². The molecule has 6 heteroatoms. The van der Waals surface area contributed by atoms with Crippen LogP contribution in [0.2, 0.25) is 0 Å². The van der Waals surface area contributed by atoms with Gasteiger partial charge in [-0.2, -0.15) is 0 Å². The highest BCUT2D eigenvalue weighted by Gasteiger charge is 2.41. The van der Waals surface area contributed by atoms with Gasteiger partial charge in [-0.3, -0.25) is 19.7 Å². The molecular formula is C20H26N4OS. The molecule has 0 bridgehead atoms. The highest BCUT2D eigenvalue weighted by molar-refractivity contribution is 7.09. The number of piperidine rings is 2. The highest BCUT2D eigenvalue weighted by Crippen LogP contribution is 2.39. The van der Waals surface area contributed by atoms with Crippen molar-refractivity contribution >= 4 is 17.2 Å². The number of thiophene rings is 1. The second-order valence-corrected chi connectivity index (χ2v) is 8.82. The minimum absolute atomic E-state index is 0.238. The minimum Gasteiger partial charge on any atom is -0.336 e. The lowest BCUT2D eigenvalue weighted by molar-refractivity contribution is -0.140. The van der Waals surface area contributed by atoms with E-state index < -0.39 is 0 Å².